The van der Waals surface area contributed by atoms with E-state index in [0.29, 0.717) is 52.6 Å². The van der Waals surface area contributed by atoms with Crippen LogP contribution in [0.1, 0.15) is 80.4 Å². The number of aromatic nitrogens is 1. The Balaban J connectivity index is 1.58. The molecule has 4 rings (SSSR count). The number of thiazole rings is 1. The largest absolute Gasteiger partial charge is 0.507 e. The smallest absolute Gasteiger partial charge is 0.416 e. The van der Waals surface area contributed by atoms with Crippen molar-refractivity contribution in [2.45, 2.75) is 72.7 Å². The van der Waals surface area contributed by atoms with Gasteiger partial charge in [0.1, 0.15) is 5.75 Å². The molecule has 6 nitrogen and oxygen atoms in total. The molecule has 3 aromatic rings. The zero-order valence-electron chi connectivity index (χ0n) is 24.5. The Kier molecular flexibility index (Phi) is 10.8. The average Bonchev–Trinajstić information content (AvgIpc) is 3.26. The van der Waals surface area contributed by atoms with Crippen LogP contribution in [-0.4, -0.2) is 40.6 Å². The number of ether oxygens (including phenoxy) is 1. The molecule has 1 fully saturated rings. The Hall–Kier alpha value is -2.40. The molecule has 2 aromatic carbocycles. The number of anilines is 1. The molecular weight excluding hydrogens is 587 g/mol. The lowest BCUT2D eigenvalue weighted by Gasteiger charge is -2.36. The lowest BCUT2D eigenvalue weighted by molar-refractivity contribution is -0.137. The third kappa shape index (κ3) is 8.15. The first-order valence-corrected chi connectivity index (χ1v) is 15.7. The van der Waals surface area contributed by atoms with E-state index in [1.807, 2.05) is 6.92 Å². The van der Waals surface area contributed by atoms with Gasteiger partial charge in [-0.15, -0.1) is 0 Å². The topological polar surface area (TPSA) is 74.7 Å². The minimum Gasteiger partial charge on any atom is -0.507 e. The molecule has 1 heterocycles. The number of phenols is 1. The van der Waals surface area contributed by atoms with Gasteiger partial charge in [-0.2, -0.15) is 13.2 Å². The number of nitrogens with one attached hydrogen (secondary N) is 1. The second-order valence-corrected chi connectivity index (χ2v) is 13.2. The lowest BCUT2D eigenvalue weighted by atomic mass is 9.76. The van der Waals surface area contributed by atoms with Crippen molar-refractivity contribution in [2.24, 2.45) is 17.8 Å². The van der Waals surface area contributed by atoms with Gasteiger partial charge in [0.15, 0.2) is 5.13 Å². The molecule has 230 valence electrons. The van der Waals surface area contributed by atoms with Gasteiger partial charge in [-0.3, -0.25) is 15.0 Å². The summed E-state index contributed by atoms with van der Waals surface area (Å²) in [5.74, 6) is 0.839. The Labute approximate surface area is 254 Å². The van der Waals surface area contributed by atoms with Crippen molar-refractivity contribution >= 4 is 44.2 Å². The van der Waals surface area contributed by atoms with Gasteiger partial charge >= 0.3 is 6.18 Å². The van der Waals surface area contributed by atoms with E-state index in [-0.39, 0.29) is 27.8 Å². The first-order valence-electron chi connectivity index (χ1n) is 14.5. The number of halogens is 4. The van der Waals surface area contributed by atoms with Crippen LogP contribution >= 0.6 is 22.9 Å². The van der Waals surface area contributed by atoms with Crippen LogP contribution in [-0.2, 0) is 24.1 Å². The highest BCUT2D eigenvalue weighted by Crippen LogP contribution is 2.38. The zero-order chi connectivity index (χ0) is 30.6. The summed E-state index contributed by atoms with van der Waals surface area (Å²) in [6.07, 6.45) is -0.0394. The minimum atomic E-state index is -4.54. The molecule has 1 saturated carbocycles. The van der Waals surface area contributed by atoms with Gasteiger partial charge in [0.2, 0.25) is 0 Å². The quantitative estimate of drug-likeness (QED) is 0.186. The number of alkyl halides is 3. The first kappa shape index (κ1) is 32.5. The highest BCUT2D eigenvalue weighted by atomic mass is 35.5. The van der Waals surface area contributed by atoms with Gasteiger partial charge in [0.05, 0.1) is 28.0 Å². The Morgan fingerprint density at radius 3 is 2.55 bits per heavy atom. The number of carbonyl (C=O) groups is 1. The van der Waals surface area contributed by atoms with Crippen LogP contribution in [0.15, 0.2) is 24.3 Å². The first-order chi connectivity index (χ1) is 19.8. The summed E-state index contributed by atoms with van der Waals surface area (Å²) >= 11 is 7.34. The summed E-state index contributed by atoms with van der Waals surface area (Å²) in [7, 11) is 0. The fraction of sp³-hybridized carbons (Fsp3) is 0.548. The SMILES string of the molecule is CCCOCc1cc(C(F)(F)F)cc2sc(NC(=O)c3cc(Cl)cc(CN(CC(C)C)CC(C)C4CCC4)c3O)nc12. The van der Waals surface area contributed by atoms with Crippen molar-refractivity contribution in [3.8, 4) is 5.75 Å². The van der Waals surface area contributed by atoms with Gasteiger partial charge in [-0.25, -0.2) is 4.98 Å². The van der Waals surface area contributed by atoms with Crippen LogP contribution in [0.3, 0.4) is 0 Å². The van der Waals surface area contributed by atoms with Crippen molar-refractivity contribution in [1.29, 1.82) is 0 Å². The van der Waals surface area contributed by atoms with Crippen molar-refractivity contribution in [3.05, 3.63) is 51.5 Å². The molecule has 42 heavy (non-hydrogen) atoms. The lowest BCUT2D eigenvalue weighted by Crippen LogP contribution is -2.35. The number of hydrogen-bond donors (Lipinski definition) is 2. The van der Waals surface area contributed by atoms with Gasteiger partial charge < -0.3 is 9.84 Å². The molecular formula is C31H39ClF3N3O3S. The average molecular weight is 626 g/mol. The molecule has 0 saturated heterocycles. The van der Waals surface area contributed by atoms with Crippen LogP contribution in [0.2, 0.25) is 5.02 Å². The maximum Gasteiger partial charge on any atom is 0.416 e. The summed E-state index contributed by atoms with van der Waals surface area (Å²) in [6, 6.07) is 5.12. The van der Waals surface area contributed by atoms with Gasteiger partial charge in [-0.1, -0.05) is 69.9 Å². The molecule has 0 aliphatic heterocycles. The molecule has 1 amide bonds. The van der Waals surface area contributed by atoms with Crippen LogP contribution in [0.5, 0.6) is 5.75 Å². The highest BCUT2D eigenvalue weighted by molar-refractivity contribution is 7.22. The molecule has 1 atom stereocenters. The second kappa shape index (κ2) is 13.9. The Bertz CT molecular complexity index is 1390. The van der Waals surface area contributed by atoms with E-state index < -0.39 is 17.6 Å². The van der Waals surface area contributed by atoms with Gasteiger partial charge in [0, 0.05) is 42.4 Å². The van der Waals surface area contributed by atoms with E-state index in [1.165, 1.54) is 25.3 Å². The van der Waals surface area contributed by atoms with E-state index >= 15 is 0 Å². The van der Waals surface area contributed by atoms with Gasteiger partial charge in [-0.05, 0) is 48.4 Å². The number of benzene rings is 2. The van der Waals surface area contributed by atoms with Crippen LogP contribution in [0.25, 0.3) is 10.2 Å². The number of carbonyl (C=O) groups excluding carboxylic acids is 1. The summed E-state index contributed by atoms with van der Waals surface area (Å²) < 4.78 is 46.5. The molecule has 0 radical (unpaired) electrons. The highest BCUT2D eigenvalue weighted by Gasteiger charge is 2.32. The van der Waals surface area contributed by atoms with Gasteiger partial charge in [0.25, 0.3) is 5.91 Å². The number of rotatable bonds is 13. The number of hydrogen-bond acceptors (Lipinski definition) is 6. The van der Waals surface area contributed by atoms with Crippen LogP contribution in [0.4, 0.5) is 18.3 Å². The normalized spacial score (nSPS) is 15.0. The van der Waals surface area contributed by atoms with E-state index in [2.05, 4.69) is 36.0 Å². The number of aromatic hydroxyl groups is 1. The van der Waals surface area contributed by atoms with E-state index in [9.17, 15) is 23.1 Å². The van der Waals surface area contributed by atoms with E-state index in [4.69, 9.17) is 16.3 Å². The summed E-state index contributed by atoms with van der Waals surface area (Å²) in [4.78, 5) is 20.0. The Morgan fingerprint density at radius 1 is 1.19 bits per heavy atom. The van der Waals surface area contributed by atoms with E-state index in [1.54, 1.807) is 6.07 Å². The maximum atomic E-state index is 13.6. The van der Waals surface area contributed by atoms with E-state index in [0.717, 1.165) is 43.0 Å². The monoisotopic (exact) mass is 625 g/mol. The standard InChI is InChI=1S/C31H39ClF3N3O3S/c1-5-9-41-17-22-10-23(31(33,34)35)12-26-27(22)36-30(42-26)37-29(40)25-13-24(32)11-21(28(25)39)16-38(14-18(2)3)15-19(4)20-7-6-8-20/h10-13,18-20,39H,5-9,14-17H2,1-4H3,(H,36,37,40). The molecule has 0 bridgehead atoms. The van der Waals surface area contributed by atoms with Crippen molar-refractivity contribution in [3.63, 3.8) is 0 Å². The zero-order valence-corrected chi connectivity index (χ0v) is 26.1. The number of nitrogens with zero attached hydrogens (tertiary/aromatic N) is 2. The number of amides is 1. The third-order valence-corrected chi connectivity index (χ3v) is 8.78. The second-order valence-electron chi connectivity index (χ2n) is 11.7. The fourth-order valence-corrected chi connectivity index (χ4v) is 6.58. The maximum absolute atomic E-state index is 13.6. The Morgan fingerprint density at radius 2 is 1.93 bits per heavy atom. The van der Waals surface area contributed by atoms with Crippen LogP contribution in [0, 0.1) is 17.8 Å². The molecule has 1 aliphatic carbocycles. The van der Waals surface area contributed by atoms with Crippen molar-refractivity contribution < 1.29 is 27.8 Å². The molecule has 1 aliphatic rings. The predicted octanol–water partition coefficient (Wildman–Crippen LogP) is 8.75. The molecule has 2 N–H and O–H groups in total. The fourth-order valence-electron chi connectivity index (χ4n) is 5.39. The predicted molar refractivity (Wildman–Crippen MR) is 162 cm³/mol. The molecule has 1 aromatic heterocycles. The summed E-state index contributed by atoms with van der Waals surface area (Å²) in [5.41, 5.74) is 0.347. The van der Waals surface area contributed by atoms with Crippen molar-refractivity contribution in [2.75, 3.05) is 25.0 Å². The van der Waals surface area contributed by atoms with Crippen molar-refractivity contribution in [1.82, 2.24) is 9.88 Å². The third-order valence-electron chi connectivity index (χ3n) is 7.64. The molecule has 11 heteroatoms. The molecule has 1 unspecified atom stereocenters. The molecule has 0 spiro atoms. The summed E-state index contributed by atoms with van der Waals surface area (Å²) in [6.45, 7) is 11.0. The summed E-state index contributed by atoms with van der Waals surface area (Å²) in [5, 5.41) is 14.2. The minimum absolute atomic E-state index is 0.0178. The number of fused-ring (bicyclic) bond motifs is 1. The van der Waals surface area contributed by atoms with Crippen LogP contribution < -0.4 is 5.32 Å². The number of phenolic OH excluding ortho intramolecular Hbond substituents is 1.